The van der Waals surface area contributed by atoms with Crippen LogP contribution in [0, 0.1) is 0 Å². The molecule has 0 radical (unpaired) electrons. The van der Waals surface area contributed by atoms with Crippen LogP contribution in [0.5, 0.6) is 0 Å². The Hall–Kier alpha value is -1.67. The van der Waals surface area contributed by atoms with Gasteiger partial charge in [-0.15, -0.1) is 0 Å². The Bertz CT molecular complexity index is 207. The van der Waals surface area contributed by atoms with E-state index in [1.54, 1.807) is 0 Å². The number of amides is 3. The maximum absolute atomic E-state index is 10.3. The van der Waals surface area contributed by atoms with Gasteiger partial charge in [0, 0.05) is 0 Å². The highest BCUT2D eigenvalue weighted by molar-refractivity contribution is 5.84. The molecular weight excluding hydrogens is 202 g/mol. The molecule has 90 valence electrons. The molecule has 0 spiro atoms. The van der Waals surface area contributed by atoms with Crippen LogP contribution in [0.15, 0.2) is 0 Å². The molecule has 0 bridgehead atoms. The summed E-state index contributed by atoms with van der Waals surface area (Å²) in [5.41, 5.74) is 18.8. The molecule has 0 aliphatic rings. The number of rotatable bonds is 4. The van der Waals surface area contributed by atoms with Crippen LogP contribution < -0.4 is 28.3 Å². The maximum atomic E-state index is 10.3. The van der Waals surface area contributed by atoms with Gasteiger partial charge in [-0.05, 0) is 0 Å². The second kappa shape index (κ2) is 12.3. The average Bonchev–Trinajstić information content (AvgIpc) is 2.14. The minimum atomic E-state index is -0.572. The fourth-order valence-corrected chi connectivity index (χ4v) is 0.258. The number of hydrogen-bond donors (Lipinski definition) is 5. The zero-order chi connectivity index (χ0) is 11.6. The van der Waals surface area contributed by atoms with Crippen LogP contribution in [0.25, 0.3) is 0 Å². The zero-order valence-electron chi connectivity index (χ0n) is 7.66. The normalized spacial score (nSPS) is 7.60. The van der Waals surface area contributed by atoms with E-state index >= 15 is 0 Å². The van der Waals surface area contributed by atoms with Crippen molar-refractivity contribution in [1.29, 1.82) is 0 Å². The third-order valence-corrected chi connectivity index (χ3v) is 0.846. The molecule has 8 nitrogen and oxygen atoms in total. The molecule has 0 saturated heterocycles. The van der Waals surface area contributed by atoms with E-state index in [1.165, 1.54) is 0 Å². The van der Waals surface area contributed by atoms with Gasteiger partial charge in [-0.2, -0.15) is 0 Å². The molecule has 0 rings (SSSR count). The Morgan fingerprint density at radius 2 is 1.33 bits per heavy atom. The average molecular weight is 221 g/mol. The van der Waals surface area contributed by atoms with Crippen molar-refractivity contribution in [1.82, 2.24) is 5.32 Å². The van der Waals surface area contributed by atoms with E-state index in [0.717, 1.165) is 0 Å². The molecule has 0 aliphatic heterocycles. The summed E-state index contributed by atoms with van der Waals surface area (Å²) in [6.07, 6.45) is 0. The smallest absolute Gasteiger partial charge is 0.236 e. The van der Waals surface area contributed by atoms with Gasteiger partial charge in [0.15, 0.2) is 0 Å². The summed E-state index contributed by atoms with van der Waals surface area (Å²) in [6.45, 7) is -0.316. The summed E-state index contributed by atoms with van der Waals surface area (Å²) < 4.78 is 0. The molecule has 0 atom stereocenters. The molecule has 0 unspecified atom stereocenters. The van der Waals surface area contributed by atoms with Gasteiger partial charge in [-0.25, -0.2) is 0 Å². The van der Waals surface area contributed by atoms with Crippen LogP contribution in [0.1, 0.15) is 7.43 Å². The predicted octanol–water partition coefficient (Wildman–Crippen LogP) is -3.39. The Balaban J connectivity index is -0.000000208. The fraction of sp³-hybridized carbons (Fsp3) is 0.571. The van der Waals surface area contributed by atoms with Crippen molar-refractivity contribution >= 4 is 17.7 Å². The first-order valence-corrected chi connectivity index (χ1v) is 3.67. The van der Waals surface area contributed by atoms with Crippen LogP contribution in [0.3, 0.4) is 0 Å². The Labute approximate surface area is 88.3 Å². The van der Waals surface area contributed by atoms with Gasteiger partial charge in [0.25, 0.3) is 0 Å². The topological polar surface area (TPSA) is 167 Å². The highest BCUT2D eigenvalue weighted by Crippen LogP contribution is 1.57. The zero-order valence-corrected chi connectivity index (χ0v) is 7.66. The molecule has 9 N–H and O–H groups in total. The number of primary amides is 2. The lowest BCUT2D eigenvalue weighted by atomic mass is 10.5. The number of carbonyl (C=O) groups excluding carboxylic acids is 3. The van der Waals surface area contributed by atoms with Gasteiger partial charge >= 0.3 is 0 Å². The lowest BCUT2D eigenvalue weighted by Crippen LogP contribution is -2.36. The Kier molecular flexibility index (Phi) is 15.6. The third kappa shape index (κ3) is 24.5. The SMILES string of the molecule is C.NCC(=O)NCC(N)=O.NCC(N)=O. The Morgan fingerprint density at radius 3 is 1.53 bits per heavy atom. The van der Waals surface area contributed by atoms with E-state index < -0.39 is 11.8 Å². The van der Waals surface area contributed by atoms with E-state index in [-0.39, 0.29) is 33.0 Å². The molecule has 0 aromatic rings. The maximum Gasteiger partial charge on any atom is 0.236 e. The minimum absolute atomic E-state index is 0. The molecule has 0 aromatic carbocycles. The number of nitrogens with two attached hydrogens (primary N) is 4. The van der Waals surface area contributed by atoms with Crippen molar-refractivity contribution in [2.75, 3.05) is 19.6 Å². The van der Waals surface area contributed by atoms with Crippen molar-refractivity contribution < 1.29 is 14.4 Å². The lowest BCUT2D eigenvalue weighted by Gasteiger charge is -1.96. The third-order valence-electron chi connectivity index (χ3n) is 0.846. The van der Waals surface area contributed by atoms with Gasteiger partial charge in [0.05, 0.1) is 19.6 Å². The summed E-state index contributed by atoms with van der Waals surface area (Å²) in [4.78, 5) is 29.7. The second-order valence-electron chi connectivity index (χ2n) is 2.12. The van der Waals surface area contributed by atoms with Crippen LogP contribution in [0.2, 0.25) is 0 Å². The highest BCUT2D eigenvalue weighted by Gasteiger charge is 1.96. The van der Waals surface area contributed by atoms with E-state index in [9.17, 15) is 14.4 Å². The van der Waals surface area contributed by atoms with Crippen LogP contribution in [0.4, 0.5) is 0 Å². The molecule has 3 amide bonds. The number of nitrogens with one attached hydrogen (secondary N) is 1. The van der Waals surface area contributed by atoms with Crippen LogP contribution >= 0.6 is 0 Å². The summed E-state index contributed by atoms with van der Waals surface area (Å²) in [7, 11) is 0. The summed E-state index contributed by atoms with van der Waals surface area (Å²) >= 11 is 0. The van der Waals surface area contributed by atoms with E-state index in [2.05, 4.69) is 11.1 Å². The summed E-state index contributed by atoms with van der Waals surface area (Å²) in [5, 5.41) is 2.19. The summed E-state index contributed by atoms with van der Waals surface area (Å²) in [6, 6.07) is 0. The molecule has 0 fully saturated rings. The first-order chi connectivity index (χ1) is 6.43. The van der Waals surface area contributed by atoms with E-state index in [1.807, 2.05) is 0 Å². The van der Waals surface area contributed by atoms with Gasteiger partial charge in [0.1, 0.15) is 0 Å². The standard InChI is InChI=1S/C4H9N3O2.C2H6N2O.CH4/c5-1-4(9)7-2-3(6)8;3-1-2(4)5;/h1-2,5H2,(H2,6,8)(H,7,9);1,3H2,(H2,4,5);1H4. The minimum Gasteiger partial charge on any atom is -0.369 e. The molecule has 0 aliphatic carbocycles. The Morgan fingerprint density at radius 1 is 0.933 bits per heavy atom. The first kappa shape index (κ1) is 19.0. The van der Waals surface area contributed by atoms with Crippen LogP contribution in [-0.2, 0) is 14.4 Å². The molecule has 8 heteroatoms. The number of carbonyl (C=O) groups is 3. The number of hydrogen-bond acceptors (Lipinski definition) is 5. The lowest BCUT2D eigenvalue weighted by molar-refractivity contribution is -0.123. The molecule has 0 saturated carbocycles. The van der Waals surface area contributed by atoms with Crippen molar-refractivity contribution in [3.05, 3.63) is 0 Å². The van der Waals surface area contributed by atoms with Crippen molar-refractivity contribution in [3.63, 3.8) is 0 Å². The van der Waals surface area contributed by atoms with Crippen molar-refractivity contribution in [2.24, 2.45) is 22.9 Å². The predicted molar refractivity (Wildman–Crippen MR) is 56.2 cm³/mol. The van der Waals surface area contributed by atoms with Gasteiger partial charge < -0.3 is 28.3 Å². The van der Waals surface area contributed by atoms with Crippen LogP contribution in [-0.4, -0.2) is 37.4 Å². The monoisotopic (exact) mass is 221 g/mol. The van der Waals surface area contributed by atoms with Gasteiger partial charge in [-0.1, -0.05) is 7.43 Å². The van der Waals surface area contributed by atoms with Crippen molar-refractivity contribution in [3.8, 4) is 0 Å². The quantitative estimate of drug-likeness (QED) is 0.333. The largest absolute Gasteiger partial charge is 0.369 e. The van der Waals surface area contributed by atoms with E-state index in [4.69, 9.17) is 17.2 Å². The van der Waals surface area contributed by atoms with Gasteiger partial charge in [-0.3, -0.25) is 14.4 Å². The fourth-order valence-electron chi connectivity index (χ4n) is 0.258. The second-order valence-corrected chi connectivity index (χ2v) is 2.12. The molecule has 15 heavy (non-hydrogen) atoms. The molecule has 0 aromatic heterocycles. The molecular formula is C7H19N5O3. The highest BCUT2D eigenvalue weighted by atomic mass is 16.2. The van der Waals surface area contributed by atoms with E-state index in [0.29, 0.717) is 0 Å². The van der Waals surface area contributed by atoms with Gasteiger partial charge in [0.2, 0.25) is 17.7 Å². The first-order valence-electron chi connectivity index (χ1n) is 3.67. The summed E-state index contributed by atoms with van der Waals surface area (Å²) in [5.74, 6) is -1.42. The van der Waals surface area contributed by atoms with Crippen molar-refractivity contribution in [2.45, 2.75) is 7.43 Å². The molecule has 0 heterocycles.